The van der Waals surface area contributed by atoms with Crippen LogP contribution >= 0.6 is 0 Å². The highest BCUT2D eigenvalue weighted by molar-refractivity contribution is 6.10. The van der Waals surface area contributed by atoms with E-state index >= 15 is 0 Å². The van der Waals surface area contributed by atoms with Crippen molar-refractivity contribution in [3.63, 3.8) is 0 Å². The quantitative estimate of drug-likeness (QED) is 0.164. The molecule has 6 nitrogen and oxygen atoms in total. The van der Waals surface area contributed by atoms with E-state index in [0.717, 1.165) is 22.6 Å². The first-order valence-corrected chi connectivity index (χ1v) is 23.3. The van der Waals surface area contributed by atoms with Gasteiger partial charge in [-0.15, -0.1) is 0 Å². The lowest BCUT2D eigenvalue weighted by Crippen LogP contribution is -2.25. The average molecular weight is 926 g/mol. The summed E-state index contributed by atoms with van der Waals surface area (Å²) < 4.78 is 132. The van der Waals surface area contributed by atoms with E-state index in [2.05, 4.69) is 36.6 Å². The van der Waals surface area contributed by atoms with Crippen LogP contribution in [-0.2, 0) is 10.8 Å². The molecule has 0 radical (unpaired) electrons. The Hall–Kier alpha value is -8.09. The number of pyridine rings is 1. The molecule has 6 heteroatoms. The SMILES string of the molecule is [2H]c1c([2H])c(-c2cc(C(C)(C)C)cc3c2N2CN(c4cccc(c4)Oc4ccc5c6c([2H])c([2H])c(C([2H])([2H])[2H])c([2H])c6n(c5c4)-c4cc(C([2H])([2H])[2H])c(cn4)-c4ccc(cc4)Oc4ccccc4-3)c3ccccc32)c([2H])c(C(C)(C)C)c1[2H]. The van der Waals surface area contributed by atoms with Gasteiger partial charge in [-0.1, -0.05) is 126 Å². The number of benzene rings is 8. The first kappa shape index (κ1) is 31.1. The molecule has 0 unspecified atom stereocenters. The van der Waals surface area contributed by atoms with Gasteiger partial charge in [-0.3, -0.25) is 4.57 Å². The van der Waals surface area contributed by atoms with Crippen LogP contribution in [0.5, 0.6) is 23.0 Å². The summed E-state index contributed by atoms with van der Waals surface area (Å²) >= 11 is 0. The Kier molecular flexibility index (Phi) is 7.23. The molecule has 0 N–H and O–H groups in total. The summed E-state index contributed by atoms with van der Waals surface area (Å²) in [5.74, 6) is 1.63. The van der Waals surface area contributed by atoms with E-state index in [1.165, 1.54) is 16.8 Å². The lowest BCUT2D eigenvalue weighted by molar-refractivity contribution is 0.483. The zero-order valence-electron chi connectivity index (χ0n) is 52.6. The molecule has 14 rings (SSSR count). The van der Waals surface area contributed by atoms with Crippen molar-refractivity contribution >= 4 is 44.6 Å². The fourth-order valence-electron chi connectivity index (χ4n) is 9.58. The van der Waals surface area contributed by atoms with Crippen LogP contribution in [0.3, 0.4) is 0 Å². The fraction of sp³-hybridized carbons (Fsp3) is 0.172. The van der Waals surface area contributed by atoms with Crippen LogP contribution in [0.15, 0.2) is 182 Å². The molecular formula is C64H56N4O2. The summed E-state index contributed by atoms with van der Waals surface area (Å²) in [4.78, 5) is 9.12. The Balaban J connectivity index is 1.16. The van der Waals surface area contributed by atoms with Gasteiger partial charge in [-0.2, -0.15) is 0 Å². The molecule has 2 aromatic heterocycles. The van der Waals surface area contributed by atoms with Crippen LogP contribution in [0, 0.1) is 13.7 Å². The molecule has 0 saturated heterocycles. The van der Waals surface area contributed by atoms with Gasteiger partial charge in [0.2, 0.25) is 0 Å². The Morgan fingerprint density at radius 2 is 1.31 bits per heavy atom. The fourth-order valence-corrected chi connectivity index (χ4v) is 9.58. The van der Waals surface area contributed by atoms with Gasteiger partial charge in [0.1, 0.15) is 35.5 Å². The number of hydrogen-bond acceptors (Lipinski definition) is 5. The van der Waals surface area contributed by atoms with Gasteiger partial charge in [0.05, 0.1) is 37.7 Å². The van der Waals surface area contributed by atoms with Crippen LogP contribution in [0.4, 0.5) is 22.7 Å². The first-order valence-electron chi connectivity index (χ1n) is 29.8. The summed E-state index contributed by atoms with van der Waals surface area (Å²) in [6.45, 7) is 6.59. The third-order valence-corrected chi connectivity index (χ3v) is 13.2. The Bertz CT molecular complexity index is 4350. The predicted molar refractivity (Wildman–Crippen MR) is 290 cm³/mol. The molecule has 4 aliphatic rings. The second kappa shape index (κ2) is 16.3. The van der Waals surface area contributed by atoms with Gasteiger partial charge in [-0.25, -0.2) is 4.98 Å². The number of hydrogen-bond donors (Lipinski definition) is 0. The molecule has 0 saturated carbocycles. The molecule has 0 fully saturated rings. The minimum Gasteiger partial charge on any atom is -0.457 e. The summed E-state index contributed by atoms with van der Waals surface area (Å²) in [6.07, 6.45) is 1.42. The van der Waals surface area contributed by atoms with Crippen molar-refractivity contribution < 1.29 is 27.3 Å². The number of aryl methyl sites for hydroxylation is 1. The molecular weight excluding hydrogens is 857 g/mol. The van der Waals surface area contributed by atoms with Gasteiger partial charge >= 0.3 is 0 Å². The highest BCUT2D eigenvalue weighted by Gasteiger charge is 2.34. The Labute approximate surface area is 429 Å². The van der Waals surface area contributed by atoms with Gasteiger partial charge < -0.3 is 19.3 Å². The van der Waals surface area contributed by atoms with Gasteiger partial charge in [0.25, 0.3) is 0 Å². The van der Waals surface area contributed by atoms with E-state index in [-0.39, 0.29) is 64.2 Å². The summed E-state index contributed by atoms with van der Waals surface area (Å²) in [7, 11) is 0. The summed E-state index contributed by atoms with van der Waals surface area (Å²) in [6, 6.07) is 38.3. The third-order valence-electron chi connectivity index (χ3n) is 13.2. The average Bonchev–Trinajstić information content (AvgIpc) is 1.97. The van der Waals surface area contributed by atoms with Gasteiger partial charge in [0.15, 0.2) is 0 Å². The predicted octanol–water partition coefficient (Wildman–Crippen LogP) is 17.5. The van der Waals surface area contributed by atoms with Crippen molar-refractivity contribution in [2.24, 2.45) is 0 Å². The Morgan fingerprint density at radius 1 is 0.557 bits per heavy atom. The number of rotatable bonds is 1. The number of anilines is 4. The standard InChI is InChI=1S/C64H56N4O2/c1-40-23-29-50-51-30-28-49-37-59(51)68(58(50)31-40)61-32-41(2)55(38-65-61)42-24-26-47(27-25-42)70-60-22-12-9-19-52(60)54-35-45(64(6,7)8)34-53(43-15-13-16-44(33-43)63(3,4)5)62(54)67-39-66(56-20-10-11-21-57(56)67)46-17-14-18-48(36-46)69-49/h9-38H,39H2,1-8H3/i1D3,2D3,13D,15D,16D,23D,29D,31D,33D. The van der Waals surface area contributed by atoms with Crippen LogP contribution < -0.4 is 19.3 Å². The zero-order valence-corrected chi connectivity index (χ0v) is 39.6. The number of aromatic nitrogens is 2. The molecule has 4 aliphatic heterocycles. The van der Waals surface area contributed by atoms with Gasteiger partial charge in [-0.05, 0) is 137 Å². The normalized spacial score (nSPS) is 16.3. The monoisotopic (exact) mass is 926 g/mol. The number of ether oxygens (including phenoxy) is 2. The topological polar surface area (TPSA) is 42.8 Å². The van der Waals surface area contributed by atoms with E-state index in [9.17, 15) is 6.85 Å². The molecule has 0 atom stereocenters. The van der Waals surface area contributed by atoms with Crippen molar-refractivity contribution in [2.45, 2.75) is 66.1 Å². The van der Waals surface area contributed by atoms with Crippen molar-refractivity contribution in [1.82, 2.24) is 9.55 Å². The summed E-state index contributed by atoms with van der Waals surface area (Å²) in [5.41, 5.74) is 5.46. The third kappa shape index (κ3) is 7.46. The van der Waals surface area contributed by atoms with Crippen LogP contribution in [-0.4, -0.2) is 16.2 Å². The molecule has 0 spiro atoms. The van der Waals surface area contributed by atoms with Crippen molar-refractivity contribution in [1.29, 1.82) is 0 Å². The molecule has 0 aliphatic carbocycles. The Morgan fingerprint density at radius 3 is 2.11 bits per heavy atom. The minimum absolute atomic E-state index is 0.00737. The maximum Gasteiger partial charge on any atom is 0.137 e. The number of fused-ring (bicyclic) bond motifs is 5. The van der Waals surface area contributed by atoms with Crippen molar-refractivity contribution in [3.05, 3.63) is 204 Å². The van der Waals surface area contributed by atoms with Crippen molar-refractivity contribution in [2.75, 3.05) is 16.5 Å². The molecule has 70 heavy (non-hydrogen) atoms. The first-order chi connectivity index (χ1) is 39.1. The van der Waals surface area contributed by atoms with Crippen molar-refractivity contribution in [3.8, 4) is 62.2 Å². The maximum absolute atomic E-state index is 10.0. The highest BCUT2D eigenvalue weighted by Crippen LogP contribution is 2.53. The molecule has 6 heterocycles. The lowest BCUT2D eigenvalue weighted by Gasteiger charge is -2.31. The molecule has 0 amide bonds. The molecule has 344 valence electrons. The smallest absolute Gasteiger partial charge is 0.137 e. The van der Waals surface area contributed by atoms with E-state index in [0.29, 0.717) is 67.4 Å². The number of para-hydroxylation sites is 3. The van der Waals surface area contributed by atoms with E-state index in [1.54, 1.807) is 48.5 Å². The minimum atomic E-state index is -2.95. The van der Waals surface area contributed by atoms with Crippen LogP contribution in [0.1, 0.15) is 81.6 Å². The maximum atomic E-state index is 10.0. The largest absolute Gasteiger partial charge is 0.457 e. The highest BCUT2D eigenvalue weighted by atomic mass is 16.5. The van der Waals surface area contributed by atoms with Crippen LogP contribution in [0.25, 0.3) is 61.0 Å². The molecule has 10 bridgehead atoms. The van der Waals surface area contributed by atoms with Gasteiger partial charge in [0, 0.05) is 65.3 Å². The van der Waals surface area contributed by atoms with E-state index < -0.39 is 48.2 Å². The van der Waals surface area contributed by atoms with E-state index in [1.807, 2.05) is 93.6 Å². The number of nitrogens with zero attached hydrogens (tertiary/aromatic N) is 4. The molecule has 10 aromatic rings. The zero-order chi connectivity index (χ0) is 59.1. The van der Waals surface area contributed by atoms with Crippen LogP contribution in [0.2, 0.25) is 0 Å². The second-order valence-electron chi connectivity index (χ2n) is 20.0. The molecule has 8 aromatic carbocycles. The summed E-state index contributed by atoms with van der Waals surface area (Å²) in [5, 5.41) is 0.498. The lowest BCUT2D eigenvalue weighted by atomic mass is 9.80. The van der Waals surface area contributed by atoms with E-state index in [4.69, 9.17) is 25.4 Å². The second-order valence-corrected chi connectivity index (χ2v) is 20.0.